The zero-order valence-electron chi connectivity index (χ0n) is 6.84. The van der Waals surface area contributed by atoms with Gasteiger partial charge in [-0.25, -0.2) is 0 Å². The summed E-state index contributed by atoms with van der Waals surface area (Å²) in [6.07, 6.45) is 0. The van der Waals surface area contributed by atoms with Gasteiger partial charge in [-0.2, -0.15) is 5.26 Å². The summed E-state index contributed by atoms with van der Waals surface area (Å²) in [6.45, 7) is 1.55. The van der Waals surface area contributed by atoms with Crippen LogP contribution in [-0.2, 0) is 0 Å². The molecule has 0 spiro atoms. The van der Waals surface area contributed by atoms with Gasteiger partial charge in [-0.1, -0.05) is 0 Å². The summed E-state index contributed by atoms with van der Waals surface area (Å²) in [4.78, 5) is 12.8. The molecule has 12 heavy (non-hydrogen) atoms. The van der Waals surface area contributed by atoms with Gasteiger partial charge < -0.3 is 10.1 Å². The number of aromatic nitrogens is 1. The van der Waals surface area contributed by atoms with Gasteiger partial charge in [-0.3, -0.25) is 4.79 Å². The second-order valence-electron chi connectivity index (χ2n) is 2.13. The van der Waals surface area contributed by atoms with E-state index in [9.17, 15) is 9.90 Å². The van der Waals surface area contributed by atoms with Gasteiger partial charge in [0.05, 0.1) is 0 Å². The first-order chi connectivity index (χ1) is 5.15. The minimum Gasteiger partial charge on any atom is -0.860 e. The summed E-state index contributed by atoms with van der Waals surface area (Å²) < 4.78 is 0. The number of aromatic amines is 1. The molecule has 0 radical (unpaired) electrons. The van der Waals surface area contributed by atoms with Crippen LogP contribution >= 0.6 is 0 Å². The van der Waals surface area contributed by atoms with E-state index in [1.54, 1.807) is 13.0 Å². The Kier molecular flexibility index (Phi) is 4.74. The van der Waals surface area contributed by atoms with Crippen LogP contribution in [0.3, 0.4) is 0 Å². The van der Waals surface area contributed by atoms with Gasteiger partial charge in [0.15, 0.2) is 0 Å². The molecule has 0 aromatic carbocycles. The SMILES string of the molecule is Cc1cc([O-])[nH]c(=O)c1C#N.[K+]. The Balaban J connectivity index is 0.00000121. The molecule has 0 fully saturated rings. The van der Waals surface area contributed by atoms with Crippen molar-refractivity contribution in [3.63, 3.8) is 0 Å². The van der Waals surface area contributed by atoms with E-state index in [1.807, 2.05) is 4.98 Å². The van der Waals surface area contributed by atoms with Crippen LogP contribution in [0.1, 0.15) is 11.1 Å². The van der Waals surface area contributed by atoms with Gasteiger partial charge in [0.2, 0.25) is 0 Å². The zero-order valence-corrected chi connectivity index (χ0v) is 9.96. The molecule has 1 aromatic heterocycles. The number of nitrogens with zero attached hydrogens (tertiary/aromatic N) is 1. The summed E-state index contributed by atoms with van der Waals surface area (Å²) >= 11 is 0. The summed E-state index contributed by atoms with van der Waals surface area (Å²) in [6, 6.07) is 2.93. The summed E-state index contributed by atoms with van der Waals surface area (Å²) in [5.41, 5.74) is -0.191. The Morgan fingerprint density at radius 3 is 2.67 bits per heavy atom. The second kappa shape index (κ2) is 4.79. The first-order valence-corrected chi connectivity index (χ1v) is 2.96. The number of H-pyrrole nitrogens is 1. The first kappa shape index (κ1) is 11.9. The molecule has 0 unspecified atom stereocenters. The molecule has 0 aliphatic heterocycles. The smallest absolute Gasteiger partial charge is 0.860 e. The topological polar surface area (TPSA) is 79.7 Å². The Morgan fingerprint density at radius 1 is 1.67 bits per heavy atom. The Bertz CT molecular complexity index is 378. The van der Waals surface area contributed by atoms with Crippen LogP contribution in [0.2, 0.25) is 0 Å². The fourth-order valence-electron chi connectivity index (χ4n) is 0.797. The molecule has 56 valence electrons. The molecule has 0 saturated heterocycles. The van der Waals surface area contributed by atoms with Crippen molar-refractivity contribution in [2.75, 3.05) is 0 Å². The van der Waals surface area contributed by atoms with E-state index in [2.05, 4.69) is 0 Å². The van der Waals surface area contributed by atoms with Gasteiger partial charge in [0.1, 0.15) is 11.6 Å². The number of rotatable bonds is 0. The predicted molar refractivity (Wildman–Crippen MR) is 36.0 cm³/mol. The molecule has 5 heteroatoms. The van der Waals surface area contributed by atoms with Crippen LogP contribution in [0, 0.1) is 18.3 Å². The van der Waals surface area contributed by atoms with Gasteiger partial charge in [-0.15, -0.1) is 0 Å². The normalized spacial score (nSPS) is 8.33. The number of nitrogens with one attached hydrogen (secondary N) is 1. The number of hydrogen-bond donors (Lipinski definition) is 1. The van der Waals surface area contributed by atoms with Gasteiger partial charge in [0.25, 0.3) is 5.56 Å². The monoisotopic (exact) mass is 188 g/mol. The molecular formula is C7H5KN2O2. The number of pyridine rings is 1. The third kappa shape index (κ3) is 2.44. The molecule has 0 aliphatic rings. The van der Waals surface area contributed by atoms with Gasteiger partial charge in [-0.05, 0) is 24.4 Å². The van der Waals surface area contributed by atoms with Crippen molar-refractivity contribution in [1.29, 1.82) is 5.26 Å². The van der Waals surface area contributed by atoms with Crippen molar-refractivity contribution in [3.05, 3.63) is 27.5 Å². The summed E-state index contributed by atoms with van der Waals surface area (Å²) in [7, 11) is 0. The standard InChI is InChI=1S/C7H6N2O2.K/c1-4-2-6(10)9-7(11)5(4)3-8;/h2H,1H3,(H2,9,10,11);/q;+1/p-1. The fourth-order valence-corrected chi connectivity index (χ4v) is 0.797. The van der Waals surface area contributed by atoms with Crippen LogP contribution in [-0.4, -0.2) is 4.98 Å². The molecule has 1 rings (SSSR count). The molecule has 0 bridgehead atoms. The Hall–Kier alpha value is -0.124. The van der Waals surface area contributed by atoms with Crippen LogP contribution in [0.25, 0.3) is 0 Å². The Labute approximate surface area is 112 Å². The molecule has 1 aromatic rings. The molecule has 0 aliphatic carbocycles. The molecule has 4 nitrogen and oxygen atoms in total. The molecule has 0 amide bonds. The van der Waals surface area contributed by atoms with Crippen LogP contribution in [0.4, 0.5) is 0 Å². The van der Waals surface area contributed by atoms with E-state index < -0.39 is 11.4 Å². The zero-order chi connectivity index (χ0) is 8.43. The maximum atomic E-state index is 10.8. The van der Waals surface area contributed by atoms with Crippen LogP contribution in [0.5, 0.6) is 5.88 Å². The van der Waals surface area contributed by atoms with E-state index >= 15 is 0 Å². The maximum absolute atomic E-state index is 10.8. The molecule has 1 N–H and O–H groups in total. The van der Waals surface area contributed by atoms with Crippen molar-refractivity contribution in [1.82, 2.24) is 4.98 Å². The van der Waals surface area contributed by atoms with Crippen LogP contribution < -0.4 is 62.1 Å². The molecular weight excluding hydrogens is 183 g/mol. The third-order valence-electron chi connectivity index (χ3n) is 1.32. The van der Waals surface area contributed by atoms with Gasteiger partial charge in [0, 0.05) is 0 Å². The third-order valence-corrected chi connectivity index (χ3v) is 1.32. The summed E-state index contributed by atoms with van der Waals surface area (Å²) in [5.74, 6) is -0.466. The van der Waals surface area contributed by atoms with Gasteiger partial charge >= 0.3 is 51.4 Å². The molecule has 1 heterocycles. The number of aryl methyl sites for hydroxylation is 1. The van der Waals surface area contributed by atoms with Crippen molar-refractivity contribution in [2.24, 2.45) is 0 Å². The van der Waals surface area contributed by atoms with Crippen molar-refractivity contribution in [3.8, 4) is 11.9 Å². The van der Waals surface area contributed by atoms with Crippen molar-refractivity contribution >= 4 is 0 Å². The van der Waals surface area contributed by atoms with E-state index in [0.29, 0.717) is 5.56 Å². The van der Waals surface area contributed by atoms with Crippen molar-refractivity contribution in [2.45, 2.75) is 6.92 Å². The first-order valence-electron chi connectivity index (χ1n) is 2.96. The quantitative estimate of drug-likeness (QED) is 0.432. The maximum Gasteiger partial charge on any atom is 1.00 e. The van der Waals surface area contributed by atoms with Crippen LogP contribution in [0.15, 0.2) is 10.9 Å². The van der Waals surface area contributed by atoms with E-state index in [-0.39, 0.29) is 56.9 Å². The molecule has 0 saturated carbocycles. The average molecular weight is 188 g/mol. The van der Waals surface area contributed by atoms with E-state index in [1.165, 1.54) is 6.07 Å². The van der Waals surface area contributed by atoms with Crippen molar-refractivity contribution < 1.29 is 56.5 Å². The predicted octanol–water partition coefficient (Wildman–Crippen LogP) is -3.37. The number of hydrogen-bond acceptors (Lipinski definition) is 3. The minimum atomic E-state index is -0.613. The van der Waals surface area contributed by atoms with E-state index in [0.717, 1.165) is 0 Å². The average Bonchev–Trinajstić information content (AvgIpc) is 1.85. The second-order valence-corrected chi connectivity index (χ2v) is 2.13. The largest absolute Gasteiger partial charge is 1.00 e. The summed E-state index contributed by atoms with van der Waals surface area (Å²) in [5, 5.41) is 19.0. The Morgan fingerprint density at radius 2 is 2.25 bits per heavy atom. The van der Waals surface area contributed by atoms with E-state index in [4.69, 9.17) is 5.26 Å². The minimum absolute atomic E-state index is 0. The number of nitriles is 1. The fraction of sp³-hybridized carbons (Fsp3) is 0.143. The molecule has 0 atom stereocenters.